The average Bonchev–Trinajstić information content (AvgIpc) is 3.07. The molecule has 3 aromatic rings. The van der Waals surface area contributed by atoms with E-state index in [4.69, 9.17) is 4.74 Å². The molecule has 0 aliphatic heterocycles. The Balaban J connectivity index is 1.73. The van der Waals surface area contributed by atoms with E-state index in [0.29, 0.717) is 5.01 Å². The van der Waals surface area contributed by atoms with Crippen molar-refractivity contribution in [2.45, 2.75) is 6.61 Å². The number of hydrogen-bond donors (Lipinski definition) is 0. The first-order valence-corrected chi connectivity index (χ1v) is 7.18. The van der Waals surface area contributed by atoms with Crippen molar-refractivity contribution in [2.24, 2.45) is 7.05 Å². The summed E-state index contributed by atoms with van der Waals surface area (Å²) in [5.41, 5.74) is 0.843. The average molecular weight is 317 g/mol. The smallest absolute Gasteiger partial charge is 0.355 e. The predicted molar refractivity (Wildman–Crippen MR) is 80.8 cm³/mol. The van der Waals surface area contributed by atoms with Crippen molar-refractivity contribution in [1.82, 2.24) is 9.55 Å². The maximum absolute atomic E-state index is 12.0. The Hall–Kier alpha value is -2.74. The lowest BCUT2D eigenvalue weighted by atomic mass is 10.3. The number of rotatable bonds is 4. The van der Waals surface area contributed by atoms with Crippen molar-refractivity contribution >= 4 is 33.2 Å². The highest BCUT2D eigenvalue weighted by molar-refractivity contribution is 7.18. The molecule has 0 unspecified atom stereocenters. The fourth-order valence-corrected chi connectivity index (χ4v) is 2.91. The van der Waals surface area contributed by atoms with Crippen molar-refractivity contribution in [1.29, 1.82) is 0 Å². The van der Waals surface area contributed by atoms with E-state index in [0.717, 1.165) is 10.2 Å². The molecule has 2 aromatic heterocycles. The van der Waals surface area contributed by atoms with Gasteiger partial charge in [0, 0.05) is 13.1 Å². The molecule has 0 aliphatic rings. The van der Waals surface area contributed by atoms with Crippen LogP contribution in [-0.2, 0) is 18.4 Å². The lowest BCUT2D eigenvalue weighted by Gasteiger charge is -2.02. The van der Waals surface area contributed by atoms with Crippen molar-refractivity contribution in [3.05, 3.63) is 57.3 Å². The number of fused-ring (bicyclic) bond motifs is 1. The van der Waals surface area contributed by atoms with Gasteiger partial charge < -0.3 is 9.30 Å². The molecule has 0 saturated heterocycles. The van der Waals surface area contributed by atoms with Gasteiger partial charge in [-0.25, -0.2) is 9.78 Å². The Morgan fingerprint density at radius 1 is 1.45 bits per heavy atom. The highest BCUT2D eigenvalue weighted by atomic mass is 32.1. The molecule has 0 aliphatic carbocycles. The van der Waals surface area contributed by atoms with Crippen molar-refractivity contribution < 1.29 is 14.5 Å². The summed E-state index contributed by atoms with van der Waals surface area (Å²) in [5.74, 6) is -0.616. The van der Waals surface area contributed by atoms with Gasteiger partial charge >= 0.3 is 5.97 Å². The van der Waals surface area contributed by atoms with E-state index in [2.05, 4.69) is 4.98 Å². The second kappa shape index (κ2) is 5.57. The monoisotopic (exact) mass is 317 g/mol. The van der Waals surface area contributed by atoms with Crippen molar-refractivity contribution in [3.8, 4) is 0 Å². The van der Waals surface area contributed by atoms with Crippen LogP contribution in [0.1, 0.15) is 15.5 Å². The Morgan fingerprint density at radius 3 is 2.91 bits per heavy atom. The zero-order valence-electron chi connectivity index (χ0n) is 11.6. The molecule has 0 spiro atoms. The minimum Gasteiger partial charge on any atom is -0.454 e. The third kappa shape index (κ3) is 2.68. The number of thiazole rings is 1. The van der Waals surface area contributed by atoms with Crippen LogP contribution in [0.4, 0.5) is 5.69 Å². The fraction of sp³-hybridized carbons (Fsp3) is 0.143. The highest BCUT2D eigenvalue weighted by Crippen LogP contribution is 2.22. The molecule has 1 aromatic carbocycles. The molecule has 0 fully saturated rings. The molecule has 0 saturated carbocycles. The molecule has 0 amide bonds. The molecule has 0 N–H and O–H groups in total. The number of para-hydroxylation sites is 1. The summed E-state index contributed by atoms with van der Waals surface area (Å²) in [7, 11) is 1.56. The molecule has 112 valence electrons. The van der Waals surface area contributed by atoms with E-state index < -0.39 is 10.9 Å². The molecule has 0 atom stereocenters. The lowest BCUT2D eigenvalue weighted by molar-refractivity contribution is -0.384. The van der Waals surface area contributed by atoms with Crippen LogP contribution in [-0.4, -0.2) is 20.4 Å². The van der Waals surface area contributed by atoms with Crippen LogP contribution < -0.4 is 0 Å². The quantitative estimate of drug-likeness (QED) is 0.419. The van der Waals surface area contributed by atoms with Crippen LogP contribution in [0.3, 0.4) is 0 Å². The van der Waals surface area contributed by atoms with Gasteiger partial charge in [-0.05, 0) is 12.1 Å². The van der Waals surface area contributed by atoms with Gasteiger partial charge in [0.25, 0.3) is 5.69 Å². The number of carbonyl (C=O) groups excluding carboxylic acids is 1. The van der Waals surface area contributed by atoms with E-state index in [1.165, 1.54) is 28.2 Å². The first kappa shape index (κ1) is 14.2. The van der Waals surface area contributed by atoms with Crippen LogP contribution in [0.15, 0.2) is 36.5 Å². The third-order valence-corrected chi connectivity index (χ3v) is 4.09. The van der Waals surface area contributed by atoms with Gasteiger partial charge in [0.2, 0.25) is 0 Å². The summed E-state index contributed by atoms with van der Waals surface area (Å²) >= 11 is 1.45. The van der Waals surface area contributed by atoms with Crippen LogP contribution >= 0.6 is 11.3 Å². The van der Waals surface area contributed by atoms with Crippen LogP contribution in [0, 0.1) is 10.1 Å². The predicted octanol–water partition coefficient (Wildman–Crippen LogP) is 2.90. The number of benzene rings is 1. The molecule has 3 rings (SSSR count). The number of ether oxygens (including phenoxy) is 1. The third-order valence-electron chi connectivity index (χ3n) is 3.08. The molecule has 2 heterocycles. The Bertz CT molecular complexity index is 835. The summed E-state index contributed by atoms with van der Waals surface area (Å²) in [6.07, 6.45) is 1.27. The minimum absolute atomic E-state index is 0.0388. The Morgan fingerprint density at radius 2 is 2.23 bits per heavy atom. The number of aryl methyl sites for hydroxylation is 1. The number of aromatic nitrogens is 2. The van der Waals surface area contributed by atoms with Gasteiger partial charge in [0.1, 0.15) is 17.3 Å². The van der Waals surface area contributed by atoms with Gasteiger partial charge in [-0.1, -0.05) is 12.1 Å². The van der Waals surface area contributed by atoms with Crippen LogP contribution in [0.2, 0.25) is 0 Å². The number of carbonyl (C=O) groups is 1. The molecule has 7 nitrogen and oxygen atoms in total. The highest BCUT2D eigenvalue weighted by Gasteiger charge is 2.19. The molecule has 0 bridgehead atoms. The van der Waals surface area contributed by atoms with Crippen LogP contribution in [0.5, 0.6) is 0 Å². The summed E-state index contributed by atoms with van der Waals surface area (Å²) in [5, 5.41) is 11.4. The first-order valence-electron chi connectivity index (χ1n) is 6.37. The molecular formula is C14H11N3O4S. The van der Waals surface area contributed by atoms with E-state index in [1.54, 1.807) is 7.05 Å². The Kier molecular flexibility index (Phi) is 3.60. The zero-order valence-corrected chi connectivity index (χ0v) is 12.4. The SMILES string of the molecule is Cn1cc([N+](=O)[O-])cc1C(=O)OCc1nc2ccccc2s1. The van der Waals surface area contributed by atoms with Gasteiger partial charge in [0.15, 0.2) is 0 Å². The molecule has 8 heteroatoms. The van der Waals surface area contributed by atoms with E-state index in [-0.39, 0.29) is 18.0 Å². The normalized spacial score (nSPS) is 10.8. The van der Waals surface area contributed by atoms with Crippen molar-refractivity contribution in [2.75, 3.05) is 0 Å². The maximum atomic E-state index is 12.0. The largest absolute Gasteiger partial charge is 0.454 e. The molecular weight excluding hydrogens is 306 g/mol. The fourth-order valence-electron chi connectivity index (χ4n) is 2.03. The van der Waals surface area contributed by atoms with Crippen molar-refractivity contribution in [3.63, 3.8) is 0 Å². The van der Waals surface area contributed by atoms with Crippen LogP contribution in [0.25, 0.3) is 10.2 Å². The lowest BCUT2D eigenvalue weighted by Crippen LogP contribution is -2.09. The van der Waals surface area contributed by atoms with E-state index in [1.807, 2.05) is 24.3 Å². The second-order valence-corrected chi connectivity index (χ2v) is 5.72. The second-order valence-electron chi connectivity index (χ2n) is 4.60. The minimum atomic E-state index is -0.616. The number of nitrogens with zero attached hydrogens (tertiary/aromatic N) is 3. The number of nitro groups is 1. The molecule has 22 heavy (non-hydrogen) atoms. The van der Waals surface area contributed by atoms with Gasteiger partial charge in [-0.2, -0.15) is 0 Å². The summed E-state index contributed by atoms with van der Waals surface area (Å²) in [6.45, 7) is 0.0388. The number of hydrogen-bond acceptors (Lipinski definition) is 6. The maximum Gasteiger partial charge on any atom is 0.355 e. The Labute approximate surface area is 128 Å². The number of esters is 1. The summed E-state index contributed by atoms with van der Waals surface area (Å²) < 4.78 is 7.57. The molecule has 0 radical (unpaired) electrons. The standard InChI is InChI=1S/C14H11N3O4S/c1-16-7-9(17(19)20)6-11(16)14(18)21-8-13-15-10-4-2-3-5-12(10)22-13/h2-7H,8H2,1H3. The van der Waals surface area contributed by atoms with E-state index in [9.17, 15) is 14.9 Å². The first-order chi connectivity index (χ1) is 10.5. The summed E-state index contributed by atoms with van der Waals surface area (Å²) in [4.78, 5) is 26.5. The zero-order chi connectivity index (χ0) is 15.7. The summed E-state index contributed by atoms with van der Waals surface area (Å²) in [6, 6.07) is 8.83. The van der Waals surface area contributed by atoms with Gasteiger partial charge in [0.05, 0.1) is 21.3 Å². The van der Waals surface area contributed by atoms with E-state index >= 15 is 0 Å². The topological polar surface area (TPSA) is 87.3 Å². The van der Waals surface area contributed by atoms with Gasteiger partial charge in [-0.3, -0.25) is 10.1 Å². The van der Waals surface area contributed by atoms with Gasteiger partial charge in [-0.15, -0.1) is 11.3 Å².